The maximum Gasteiger partial charge on any atom is 0.193 e. The number of ether oxygens (including phenoxy) is 1. The zero-order chi connectivity index (χ0) is 15.1. The molecule has 5 nitrogen and oxygen atoms in total. The zero-order valence-corrected chi connectivity index (χ0v) is 14.7. The molecule has 0 bridgehead atoms. The van der Waals surface area contributed by atoms with Gasteiger partial charge in [-0.15, -0.1) is 24.0 Å². The lowest BCUT2D eigenvalue weighted by Gasteiger charge is -2.10. The second kappa shape index (κ2) is 9.14. The van der Waals surface area contributed by atoms with E-state index in [-0.39, 0.29) is 29.7 Å². The fraction of sp³-hybridized carbons (Fsp3) is 0.188. The van der Waals surface area contributed by atoms with E-state index in [2.05, 4.69) is 10.3 Å². The van der Waals surface area contributed by atoms with Crippen molar-refractivity contribution in [3.8, 4) is 11.5 Å². The molecule has 6 heteroatoms. The highest BCUT2D eigenvalue weighted by Gasteiger charge is 2.02. The Kier molecular flexibility index (Phi) is 7.51. The Labute approximate surface area is 147 Å². The van der Waals surface area contributed by atoms with Crippen LogP contribution in [0.4, 0.5) is 5.69 Å². The highest BCUT2D eigenvalue weighted by Crippen LogP contribution is 2.22. The number of phenols is 1. The van der Waals surface area contributed by atoms with Crippen LogP contribution in [0.1, 0.15) is 5.56 Å². The lowest BCUT2D eigenvalue weighted by Crippen LogP contribution is -2.23. The second-order valence-corrected chi connectivity index (χ2v) is 4.51. The molecule has 0 aliphatic rings. The van der Waals surface area contributed by atoms with Crippen molar-refractivity contribution in [3.63, 3.8) is 0 Å². The van der Waals surface area contributed by atoms with E-state index in [1.807, 2.05) is 36.4 Å². The lowest BCUT2D eigenvalue weighted by molar-refractivity contribution is 0.417. The van der Waals surface area contributed by atoms with Gasteiger partial charge < -0.3 is 20.9 Å². The molecule has 0 aliphatic carbocycles. The quantitative estimate of drug-likeness (QED) is 0.400. The fourth-order valence-corrected chi connectivity index (χ4v) is 1.94. The van der Waals surface area contributed by atoms with E-state index in [1.165, 1.54) is 0 Å². The predicted molar refractivity (Wildman–Crippen MR) is 100 cm³/mol. The average Bonchev–Trinajstić information content (AvgIpc) is 2.48. The molecule has 2 aromatic carbocycles. The number of para-hydroxylation sites is 2. The van der Waals surface area contributed by atoms with Crippen LogP contribution in [0.15, 0.2) is 53.5 Å². The van der Waals surface area contributed by atoms with Gasteiger partial charge in [0.05, 0.1) is 12.8 Å². The van der Waals surface area contributed by atoms with E-state index in [0.717, 1.165) is 11.3 Å². The zero-order valence-electron chi connectivity index (χ0n) is 12.3. The molecular weight excluding hydrogens is 393 g/mol. The maximum absolute atomic E-state index is 9.39. The molecule has 0 aromatic heterocycles. The maximum atomic E-state index is 9.39. The standard InChI is InChI=1S/C16H19N3O2.HI/c1-21-15-8-3-2-7-14(15)19-16(17)18-10-9-12-5-4-6-13(20)11-12;/h2-8,11,20H,9-10H2,1H3,(H3,17,18,19);1H. The van der Waals surface area contributed by atoms with E-state index in [9.17, 15) is 5.11 Å². The molecule has 0 unspecified atom stereocenters. The Bertz CT molecular complexity index is 632. The predicted octanol–water partition coefficient (Wildman–Crippen LogP) is 2.99. The van der Waals surface area contributed by atoms with Gasteiger partial charge >= 0.3 is 0 Å². The van der Waals surface area contributed by atoms with Crippen molar-refractivity contribution in [3.05, 3.63) is 54.1 Å². The Hall–Kier alpha value is -1.96. The van der Waals surface area contributed by atoms with Gasteiger partial charge in [0.25, 0.3) is 0 Å². The number of guanidine groups is 1. The molecule has 4 N–H and O–H groups in total. The first-order valence-electron chi connectivity index (χ1n) is 6.67. The smallest absolute Gasteiger partial charge is 0.193 e. The summed E-state index contributed by atoms with van der Waals surface area (Å²) < 4.78 is 5.23. The third-order valence-electron chi connectivity index (χ3n) is 2.96. The highest BCUT2D eigenvalue weighted by molar-refractivity contribution is 14.0. The van der Waals surface area contributed by atoms with Crippen LogP contribution in [0.5, 0.6) is 11.5 Å². The molecule has 0 radical (unpaired) electrons. The SMILES string of the molecule is COc1ccccc1NC(N)=NCCc1cccc(O)c1.I. The Morgan fingerprint density at radius 2 is 2.00 bits per heavy atom. The summed E-state index contributed by atoms with van der Waals surface area (Å²) in [5.41, 5.74) is 7.65. The number of methoxy groups -OCH3 is 1. The summed E-state index contributed by atoms with van der Waals surface area (Å²) in [6.07, 6.45) is 0.711. The number of aliphatic imine (C=N–C) groups is 1. The first kappa shape index (κ1) is 18.1. The number of phenolic OH excluding ortho intramolecular Hbond substituents is 1. The van der Waals surface area contributed by atoms with Crippen molar-refractivity contribution >= 4 is 35.6 Å². The Morgan fingerprint density at radius 1 is 1.23 bits per heavy atom. The minimum Gasteiger partial charge on any atom is -0.508 e. The van der Waals surface area contributed by atoms with Gasteiger partial charge in [-0.2, -0.15) is 0 Å². The summed E-state index contributed by atoms with van der Waals surface area (Å²) in [7, 11) is 1.61. The summed E-state index contributed by atoms with van der Waals surface area (Å²) in [5, 5.41) is 12.4. The van der Waals surface area contributed by atoms with E-state index >= 15 is 0 Å². The van der Waals surface area contributed by atoms with E-state index in [4.69, 9.17) is 10.5 Å². The third-order valence-corrected chi connectivity index (χ3v) is 2.96. The van der Waals surface area contributed by atoms with Gasteiger partial charge in [0.2, 0.25) is 0 Å². The van der Waals surface area contributed by atoms with Gasteiger partial charge in [-0.3, -0.25) is 4.99 Å². The van der Waals surface area contributed by atoms with Crippen LogP contribution in [0.2, 0.25) is 0 Å². The Balaban J connectivity index is 0.00000242. The highest BCUT2D eigenvalue weighted by atomic mass is 127. The minimum absolute atomic E-state index is 0. The minimum atomic E-state index is 0. The molecule has 22 heavy (non-hydrogen) atoms. The number of anilines is 1. The monoisotopic (exact) mass is 413 g/mol. The summed E-state index contributed by atoms with van der Waals surface area (Å²) in [4.78, 5) is 4.27. The van der Waals surface area contributed by atoms with Crippen molar-refractivity contribution in [2.24, 2.45) is 10.7 Å². The van der Waals surface area contributed by atoms with E-state index in [1.54, 1.807) is 19.2 Å². The molecule has 0 atom stereocenters. The van der Waals surface area contributed by atoms with Gasteiger partial charge in [-0.05, 0) is 36.2 Å². The fourth-order valence-electron chi connectivity index (χ4n) is 1.94. The number of hydrogen-bond donors (Lipinski definition) is 3. The van der Waals surface area contributed by atoms with E-state index < -0.39 is 0 Å². The molecule has 2 aromatic rings. The molecule has 118 valence electrons. The average molecular weight is 413 g/mol. The number of benzene rings is 2. The first-order valence-corrected chi connectivity index (χ1v) is 6.67. The van der Waals surface area contributed by atoms with Gasteiger partial charge in [-0.25, -0.2) is 0 Å². The molecule has 0 amide bonds. The number of hydrogen-bond acceptors (Lipinski definition) is 3. The second-order valence-electron chi connectivity index (χ2n) is 4.51. The summed E-state index contributed by atoms with van der Waals surface area (Å²) in [6.45, 7) is 0.539. The number of nitrogens with zero attached hydrogens (tertiary/aromatic N) is 1. The number of aromatic hydroxyl groups is 1. The van der Waals surface area contributed by atoms with Crippen LogP contribution >= 0.6 is 24.0 Å². The molecule has 0 saturated carbocycles. The molecule has 0 fully saturated rings. The van der Waals surface area contributed by atoms with Crippen LogP contribution in [0.25, 0.3) is 0 Å². The van der Waals surface area contributed by atoms with Crippen molar-refractivity contribution in [2.75, 3.05) is 19.0 Å². The van der Waals surface area contributed by atoms with Crippen molar-refractivity contribution in [2.45, 2.75) is 6.42 Å². The lowest BCUT2D eigenvalue weighted by atomic mass is 10.1. The number of rotatable bonds is 5. The number of nitrogens with two attached hydrogens (primary N) is 1. The van der Waals surface area contributed by atoms with Crippen molar-refractivity contribution in [1.29, 1.82) is 0 Å². The van der Waals surface area contributed by atoms with E-state index in [0.29, 0.717) is 24.7 Å². The van der Waals surface area contributed by atoms with Crippen LogP contribution < -0.4 is 15.8 Å². The summed E-state index contributed by atoms with van der Waals surface area (Å²) in [5.74, 6) is 1.31. The molecule has 0 aliphatic heterocycles. The number of nitrogens with one attached hydrogen (secondary N) is 1. The van der Waals surface area contributed by atoms with Crippen molar-refractivity contribution < 1.29 is 9.84 Å². The van der Waals surface area contributed by atoms with Crippen LogP contribution in [-0.2, 0) is 6.42 Å². The molecule has 0 saturated heterocycles. The normalized spacial score (nSPS) is 10.7. The molecule has 2 rings (SSSR count). The first-order chi connectivity index (χ1) is 10.2. The summed E-state index contributed by atoms with van der Waals surface area (Å²) in [6, 6.07) is 14.6. The topological polar surface area (TPSA) is 79.9 Å². The van der Waals surface area contributed by atoms with Crippen LogP contribution in [-0.4, -0.2) is 24.7 Å². The largest absolute Gasteiger partial charge is 0.508 e. The molecular formula is C16H20IN3O2. The summed E-state index contributed by atoms with van der Waals surface area (Å²) >= 11 is 0. The van der Waals surface area contributed by atoms with Gasteiger partial charge in [0.1, 0.15) is 11.5 Å². The molecule has 0 spiro atoms. The van der Waals surface area contributed by atoms with Gasteiger partial charge in [0.15, 0.2) is 5.96 Å². The van der Waals surface area contributed by atoms with Gasteiger partial charge in [-0.1, -0.05) is 24.3 Å². The van der Waals surface area contributed by atoms with Crippen LogP contribution in [0.3, 0.4) is 0 Å². The van der Waals surface area contributed by atoms with Gasteiger partial charge in [0, 0.05) is 6.54 Å². The molecule has 0 heterocycles. The Morgan fingerprint density at radius 3 is 2.73 bits per heavy atom. The van der Waals surface area contributed by atoms with Crippen molar-refractivity contribution in [1.82, 2.24) is 0 Å². The number of halogens is 1. The van der Waals surface area contributed by atoms with Crippen LogP contribution in [0, 0.1) is 0 Å². The third kappa shape index (κ3) is 5.44.